The van der Waals surface area contributed by atoms with E-state index in [0.717, 1.165) is 29.6 Å². The summed E-state index contributed by atoms with van der Waals surface area (Å²) >= 11 is 7.85. The summed E-state index contributed by atoms with van der Waals surface area (Å²) in [6.07, 6.45) is 1.32. The number of hydrogen-bond acceptors (Lipinski definition) is 5. The van der Waals surface area contributed by atoms with Gasteiger partial charge in [-0.1, -0.05) is 23.7 Å². The highest BCUT2D eigenvalue weighted by atomic mass is 35.5. The van der Waals surface area contributed by atoms with E-state index in [4.69, 9.17) is 16.3 Å². The van der Waals surface area contributed by atoms with Gasteiger partial charge in [-0.2, -0.15) is 0 Å². The van der Waals surface area contributed by atoms with Crippen LogP contribution < -0.4 is 4.90 Å². The summed E-state index contributed by atoms with van der Waals surface area (Å²) in [7, 11) is 0. The smallest absolute Gasteiger partial charge is 0.309 e. The first-order valence-corrected chi connectivity index (χ1v) is 12.1. The molecule has 0 bridgehead atoms. The fourth-order valence-corrected chi connectivity index (χ4v) is 5.30. The minimum absolute atomic E-state index is 0.0344. The average Bonchev–Trinajstić information content (AvgIpc) is 2.80. The van der Waals surface area contributed by atoms with Crippen LogP contribution in [0.25, 0.3) is 0 Å². The molecule has 1 saturated heterocycles. The first-order chi connectivity index (χ1) is 15.0. The number of carbonyl (C=O) groups excluding carboxylic acids is 2. The average molecular weight is 459 g/mol. The van der Waals surface area contributed by atoms with Crippen LogP contribution in [0.4, 0.5) is 5.69 Å². The van der Waals surface area contributed by atoms with Crippen LogP contribution >= 0.6 is 23.4 Å². The maximum Gasteiger partial charge on any atom is 0.309 e. The number of thioether (sulfide) groups is 1. The van der Waals surface area contributed by atoms with Gasteiger partial charge >= 0.3 is 5.97 Å². The summed E-state index contributed by atoms with van der Waals surface area (Å²) in [6, 6.07) is 13.9. The number of halogens is 1. The summed E-state index contributed by atoms with van der Waals surface area (Å²) in [5.74, 6) is 0.819. The van der Waals surface area contributed by atoms with Crippen molar-refractivity contribution in [3.05, 3.63) is 58.6 Å². The number of fused-ring (bicyclic) bond motifs is 1. The van der Waals surface area contributed by atoms with E-state index >= 15 is 0 Å². The summed E-state index contributed by atoms with van der Waals surface area (Å²) in [6.45, 7) is 5.11. The number of piperidine rings is 1. The summed E-state index contributed by atoms with van der Waals surface area (Å²) in [5.41, 5.74) is 3.01. The highest BCUT2D eigenvalue weighted by Crippen LogP contribution is 2.36. The monoisotopic (exact) mass is 458 g/mol. The number of hydrogen-bond donors (Lipinski definition) is 0. The van der Waals surface area contributed by atoms with E-state index in [1.807, 2.05) is 60.0 Å². The second kappa shape index (κ2) is 9.96. The number of benzene rings is 2. The van der Waals surface area contributed by atoms with Crippen molar-refractivity contribution >= 4 is 40.9 Å². The second-order valence-electron chi connectivity index (χ2n) is 7.90. The maximum atomic E-state index is 13.2. The molecule has 4 rings (SSSR count). The zero-order chi connectivity index (χ0) is 21.8. The highest BCUT2D eigenvalue weighted by Gasteiger charge is 2.29. The molecule has 2 aliphatic heterocycles. The number of carbonyl (C=O) groups is 2. The predicted molar refractivity (Wildman–Crippen MR) is 125 cm³/mol. The van der Waals surface area contributed by atoms with Gasteiger partial charge in [0.05, 0.1) is 18.2 Å². The van der Waals surface area contributed by atoms with Crippen LogP contribution in [0.15, 0.2) is 47.4 Å². The lowest BCUT2D eigenvalue weighted by atomic mass is 9.96. The molecule has 2 aromatic rings. The molecule has 0 saturated carbocycles. The van der Waals surface area contributed by atoms with Crippen molar-refractivity contribution in [1.29, 1.82) is 0 Å². The quantitative estimate of drug-likeness (QED) is 0.598. The highest BCUT2D eigenvalue weighted by molar-refractivity contribution is 7.99. The van der Waals surface area contributed by atoms with Gasteiger partial charge in [0.2, 0.25) is 0 Å². The van der Waals surface area contributed by atoms with Gasteiger partial charge in [0.15, 0.2) is 0 Å². The Bertz CT molecular complexity index is 942. The molecular weight excluding hydrogens is 432 g/mol. The summed E-state index contributed by atoms with van der Waals surface area (Å²) in [4.78, 5) is 30.5. The van der Waals surface area contributed by atoms with E-state index in [2.05, 4.69) is 11.0 Å². The van der Waals surface area contributed by atoms with Crippen LogP contribution in [-0.4, -0.2) is 48.8 Å². The van der Waals surface area contributed by atoms with Crippen LogP contribution in [0.1, 0.15) is 35.7 Å². The molecule has 0 aliphatic carbocycles. The first-order valence-electron chi connectivity index (χ1n) is 10.8. The molecule has 7 heteroatoms. The van der Waals surface area contributed by atoms with Gasteiger partial charge in [0.25, 0.3) is 5.91 Å². The third-order valence-electron chi connectivity index (χ3n) is 5.85. The number of amides is 1. The number of esters is 1. The lowest BCUT2D eigenvalue weighted by molar-refractivity contribution is -0.149. The molecule has 0 spiro atoms. The number of rotatable bonds is 5. The van der Waals surface area contributed by atoms with Crippen LogP contribution in [0.5, 0.6) is 0 Å². The van der Waals surface area contributed by atoms with Crippen molar-refractivity contribution in [2.75, 3.05) is 36.9 Å². The standard InChI is InChI=1S/C24H27ClN2O3S/c1-2-30-24(29)18-9-11-26(12-10-18)23(28)19-5-8-22-21(15-19)27(13-14-31-22)16-17-3-6-20(25)7-4-17/h3-8,15,18H,2,9-14,16H2,1H3. The van der Waals surface area contributed by atoms with Gasteiger partial charge in [0, 0.05) is 47.4 Å². The van der Waals surface area contributed by atoms with Gasteiger partial charge in [-0.3, -0.25) is 9.59 Å². The van der Waals surface area contributed by atoms with Gasteiger partial charge in [-0.05, 0) is 55.7 Å². The fourth-order valence-electron chi connectivity index (χ4n) is 4.14. The molecule has 2 aromatic carbocycles. The molecule has 1 amide bonds. The molecule has 0 radical (unpaired) electrons. The number of nitrogens with zero attached hydrogens (tertiary/aromatic N) is 2. The second-order valence-corrected chi connectivity index (χ2v) is 9.47. The van der Waals surface area contributed by atoms with E-state index in [-0.39, 0.29) is 17.8 Å². The molecule has 164 valence electrons. The Morgan fingerprint density at radius 2 is 1.84 bits per heavy atom. The molecule has 1 fully saturated rings. The minimum Gasteiger partial charge on any atom is -0.466 e. The van der Waals surface area contributed by atoms with Crippen LogP contribution in [-0.2, 0) is 16.1 Å². The lowest BCUT2D eigenvalue weighted by Crippen LogP contribution is -2.40. The molecule has 0 aromatic heterocycles. The Morgan fingerprint density at radius 1 is 1.10 bits per heavy atom. The van der Waals surface area contributed by atoms with Gasteiger partial charge in [-0.25, -0.2) is 0 Å². The van der Waals surface area contributed by atoms with E-state index in [1.165, 1.54) is 10.5 Å². The van der Waals surface area contributed by atoms with Crippen molar-refractivity contribution in [2.45, 2.75) is 31.2 Å². The Balaban J connectivity index is 1.46. The third kappa shape index (κ3) is 5.18. The largest absolute Gasteiger partial charge is 0.466 e. The molecule has 2 aliphatic rings. The van der Waals surface area contributed by atoms with Crippen molar-refractivity contribution in [3.63, 3.8) is 0 Å². The zero-order valence-corrected chi connectivity index (χ0v) is 19.3. The van der Waals surface area contributed by atoms with Gasteiger partial charge in [-0.15, -0.1) is 11.8 Å². The topological polar surface area (TPSA) is 49.9 Å². The van der Waals surface area contributed by atoms with Crippen LogP contribution in [0, 0.1) is 5.92 Å². The van der Waals surface area contributed by atoms with Crippen LogP contribution in [0.2, 0.25) is 5.02 Å². The van der Waals surface area contributed by atoms with Gasteiger partial charge < -0.3 is 14.5 Å². The summed E-state index contributed by atoms with van der Waals surface area (Å²) in [5, 5.41) is 0.734. The zero-order valence-electron chi connectivity index (χ0n) is 17.7. The number of anilines is 1. The van der Waals surface area contributed by atoms with Crippen molar-refractivity contribution in [3.8, 4) is 0 Å². The molecule has 31 heavy (non-hydrogen) atoms. The Labute approximate surface area is 192 Å². The predicted octanol–water partition coefficient (Wildman–Crippen LogP) is 4.87. The number of likely N-dealkylation sites (tertiary alicyclic amines) is 1. The molecular formula is C24H27ClN2O3S. The van der Waals surface area contributed by atoms with Crippen molar-refractivity contribution in [1.82, 2.24) is 4.90 Å². The van der Waals surface area contributed by atoms with E-state index in [9.17, 15) is 9.59 Å². The lowest BCUT2D eigenvalue weighted by Gasteiger charge is -2.33. The third-order valence-corrected chi connectivity index (χ3v) is 7.15. The molecule has 2 heterocycles. The van der Waals surface area contributed by atoms with Crippen LogP contribution in [0.3, 0.4) is 0 Å². The Hall–Kier alpha value is -2.18. The van der Waals surface area contributed by atoms with Gasteiger partial charge in [0.1, 0.15) is 0 Å². The van der Waals surface area contributed by atoms with Crippen molar-refractivity contribution < 1.29 is 14.3 Å². The molecule has 0 unspecified atom stereocenters. The van der Waals surface area contributed by atoms with E-state index < -0.39 is 0 Å². The molecule has 0 atom stereocenters. The Kier molecular flexibility index (Phi) is 7.08. The fraction of sp³-hybridized carbons (Fsp3) is 0.417. The first kappa shape index (κ1) is 22.0. The Morgan fingerprint density at radius 3 is 2.55 bits per heavy atom. The van der Waals surface area contributed by atoms with E-state index in [0.29, 0.717) is 38.1 Å². The normalized spacial score (nSPS) is 16.7. The van der Waals surface area contributed by atoms with Crippen molar-refractivity contribution in [2.24, 2.45) is 5.92 Å². The SMILES string of the molecule is CCOC(=O)C1CCN(C(=O)c2ccc3c(c2)N(Cc2ccc(Cl)cc2)CCS3)CC1. The number of ether oxygens (including phenoxy) is 1. The molecule has 5 nitrogen and oxygen atoms in total. The minimum atomic E-state index is -0.141. The van der Waals surface area contributed by atoms with E-state index in [1.54, 1.807) is 0 Å². The molecule has 0 N–H and O–H groups in total. The maximum absolute atomic E-state index is 13.2. The summed E-state index contributed by atoms with van der Waals surface area (Å²) < 4.78 is 5.13.